The monoisotopic (exact) mass is 517 g/mol. The van der Waals surface area contributed by atoms with E-state index in [1.807, 2.05) is 4.98 Å². The third-order valence-electron chi connectivity index (χ3n) is 4.46. The van der Waals surface area contributed by atoms with Crippen molar-refractivity contribution in [2.75, 3.05) is 13.7 Å². The molecule has 2 aromatic carbocycles. The maximum Gasteiger partial charge on any atom is 0.365 e. The summed E-state index contributed by atoms with van der Waals surface area (Å²) in [6.45, 7) is 4.28. The van der Waals surface area contributed by atoms with E-state index in [9.17, 15) is 19.2 Å². The van der Waals surface area contributed by atoms with Crippen LogP contribution in [0.2, 0.25) is 0 Å². The molecule has 11 heteroatoms. The number of hydrogen-bond acceptors (Lipinski definition) is 8. The molecule has 0 spiro atoms. The number of nitrogens with zero attached hydrogens (tertiary/aromatic N) is 2. The number of H-pyrrole nitrogens is 1. The van der Waals surface area contributed by atoms with Crippen LogP contribution in [0.15, 0.2) is 44.4 Å². The lowest BCUT2D eigenvalue weighted by Crippen LogP contribution is -2.36. The van der Waals surface area contributed by atoms with Crippen molar-refractivity contribution in [3.05, 3.63) is 72.5 Å². The van der Waals surface area contributed by atoms with Gasteiger partial charge in [-0.1, -0.05) is 0 Å². The highest BCUT2D eigenvalue weighted by Crippen LogP contribution is 2.34. The second-order valence-corrected chi connectivity index (χ2v) is 7.96. The second kappa shape index (κ2) is 9.82. The predicted molar refractivity (Wildman–Crippen MR) is 122 cm³/mol. The summed E-state index contributed by atoms with van der Waals surface area (Å²) in [5.74, 6) is 0.274. The molecule has 0 fully saturated rings. The average Bonchev–Trinajstić information content (AvgIpc) is 2.74. The maximum absolute atomic E-state index is 12.4. The molecule has 0 radical (unpaired) electrons. The Balaban J connectivity index is 1.98. The molecule has 0 saturated carbocycles. The fraction of sp³-hybridized carbons (Fsp3) is 0.227. The Hall–Kier alpha value is -3.73. The lowest BCUT2D eigenvalue weighted by molar-refractivity contribution is -0.120. The number of rotatable bonds is 7. The number of aryl methyl sites for hydroxylation is 2. The zero-order valence-electron chi connectivity index (χ0n) is 18.2. The van der Waals surface area contributed by atoms with Crippen LogP contribution in [-0.2, 0) is 9.53 Å². The van der Waals surface area contributed by atoms with Crippen LogP contribution in [0, 0.1) is 13.8 Å². The summed E-state index contributed by atoms with van der Waals surface area (Å²) in [6, 6.07) is 8.52. The molecule has 1 N–H and O–H groups in total. The van der Waals surface area contributed by atoms with E-state index in [2.05, 4.69) is 21.0 Å². The average molecular weight is 518 g/mol. The summed E-state index contributed by atoms with van der Waals surface area (Å²) in [5, 5.41) is 3.86. The number of aromatic amines is 1. The number of aromatic nitrogens is 3. The SMILES string of the molecule is COc1ccc(Oc2c(C)cc(-n3nc(C(=O)OCC(C)=O)c(=O)[nH]c3=O)cc2C)cc1Br. The number of ketones is 1. The second-order valence-electron chi connectivity index (χ2n) is 7.10. The van der Waals surface area contributed by atoms with Gasteiger partial charge in [0.1, 0.15) is 23.9 Å². The van der Waals surface area contributed by atoms with E-state index in [-0.39, 0.29) is 0 Å². The molecule has 0 bridgehead atoms. The highest BCUT2D eigenvalue weighted by atomic mass is 79.9. The van der Waals surface area contributed by atoms with Crippen molar-refractivity contribution in [3.8, 4) is 22.9 Å². The number of ether oxygens (including phenoxy) is 3. The summed E-state index contributed by atoms with van der Waals surface area (Å²) in [5.41, 5.74) is -0.835. The van der Waals surface area contributed by atoms with E-state index in [1.165, 1.54) is 6.92 Å². The molecule has 0 unspecified atom stereocenters. The van der Waals surface area contributed by atoms with Gasteiger partial charge in [-0.3, -0.25) is 14.6 Å². The Morgan fingerprint density at radius 3 is 2.36 bits per heavy atom. The summed E-state index contributed by atoms with van der Waals surface area (Å²) >= 11 is 3.41. The number of carbonyl (C=O) groups excluding carboxylic acids is 2. The Labute approximate surface area is 196 Å². The summed E-state index contributed by atoms with van der Waals surface area (Å²) in [7, 11) is 1.56. The molecular weight excluding hydrogens is 498 g/mol. The van der Waals surface area contributed by atoms with Crippen LogP contribution in [0.4, 0.5) is 0 Å². The fourth-order valence-electron chi connectivity index (χ4n) is 2.98. The van der Waals surface area contributed by atoms with Crippen LogP contribution in [0.1, 0.15) is 28.5 Å². The molecule has 3 rings (SSSR count). The molecular formula is C22H20BrN3O7. The molecule has 10 nitrogen and oxygen atoms in total. The number of nitrogens with one attached hydrogen (secondary N) is 1. The van der Waals surface area contributed by atoms with Crippen LogP contribution >= 0.6 is 15.9 Å². The molecule has 0 amide bonds. The van der Waals surface area contributed by atoms with Crippen LogP contribution in [0.5, 0.6) is 17.2 Å². The third kappa shape index (κ3) is 5.37. The largest absolute Gasteiger partial charge is 0.496 e. The van der Waals surface area contributed by atoms with Crippen molar-refractivity contribution in [1.29, 1.82) is 0 Å². The van der Waals surface area contributed by atoms with Crippen molar-refractivity contribution in [2.24, 2.45) is 0 Å². The van der Waals surface area contributed by atoms with Crippen LogP contribution < -0.4 is 20.7 Å². The zero-order valence-corrected chi connectivity index (χ0v) is 19.8. The van der Waals surface area contributed by atoms with Gasteiger partial charge in [0.25, 0.3) is 5.56 Å². The van der Waals surface area contributed by atoms with Gasteiger partial charge in [-0.15, -0.1) is 0 Å². The Morgan fingerprint density at radius 2 is 1.79 bits per heavy atom. The highest BCUT2D eigenvalue weighted by Gasteiger charge is 2.19. The van der Waals surface area contributed by atoms with E-state index in [0.717, 1.165) is 9.15 Å². The van der Waals surface area contributed by atoms with Crippen molar-refractivity contribution in [2.45, 2.75) is 20.8 Å². The lowest BCUT2D eigenvalue weighted by Gasteiger charge is -2.15. The van der Waals surface area contributed by atoms with Gasteiger partial charge in [0.05, 0.1) is 17.3 Å². The number of methoxy groups -OCH3 is 1. The van der Waals surface area contributed by atoms with Gasteiger partial charge in [-0.05, 0) is 78.2 Å². The highest BCUT2D eigenvalue weighted by molar-refractivity contribution is 9.10. The van der Waals surface area contributed by atoms with Gasteiger partial charge >= 0.3 is 11.7 Å². The number of hydrogen-bond donors (Lipinski definition) is 1. The minimum Gasteiger partial charge on any atom is -0.496 e. The van der Waals surface area contributed by atoms with Gasteiger partial charge in [0, 0.05) is 0 Å². The van der Waals surface area contributed by atoms with E-state index < -0.39 is 35.3 Å². The van der Waals surface area contributed by atoms with E-state index in [1.54, 1.807) is 51.3 Å². The molecule has 0 aliphatic rings. The quantitative estimate of drug-likeness (QED) is 0.473. The molecule has 33 heavy (non-hydrogen) atoms. The number of Topliss-reactive ketones (excluding diaryl/α,β-unsaturated/α-hetero) is 1. The van der Waals surface area contributed by atoms with Crippen LogP contribution in [0.25, 0.3) is 5.69 Å². The van der Waals surface area contributed by atoms with Crippen LogP contribution in [-0.4, -0.2) is 40.2 Å². The molecule has 1 aromatic heterocycles. The number of halogens is 1. The molecule has 1 heterocycles. The zero-order chi connectivity index (χ0) is 24.3. The van der Waals surface area contributed by atoms with E-state index in [4.69, 9.17) is 14.2 Å². The normalized spacial score (nSPS) is 10.6. The Bertz CT molecular complexity index is 1340. The van der Waals surface area contributed by atoms with Crippen LogP contribution in [0.3, 0.4) is 0 Å². The van der Waals surface area contributed by atoms with Crippen molar-refractivity contribution in [3.63, 3.8) is 0 Å². The first-order valence-corrected chi connectivity index (χ1v) is 10.4. The predicted octanol–water partition coefficient (Wildman–Crippen LogP) is 2.85. The van der Waals surface area contributed by atoms with E-state index >= 15 is 0 Å². The minimum atomic E-state index is -1.11. The van der Waals surface area contributed by atoms with Gasteiger partial charge in [-0.2, -0.15) is 9.78 Å². The van der Waals surface area contributed by atoms with E-state index in [0.29, 0.717) is 34.1 Å². The maximum atomic E-state index is 12.4. The molecule has 0 aliphatic carbocycles. The van der Waals surface area contributed by atoms with Gasteiger partial charge in [-0.25, -0.2) is 9.59 Å². The van der Waals surface area contributed by atoms with Gasteiger partial charge in [0.2, 0.25) is 5.69 Å². The third-order valence-corrected chi connectivity index (χ3v) is 5.08. The van der Waals surface area contributed by atoms with Crippen molar-refractivity contribution < 1.29 is 23.8 Å². The Kier molecular flexibility index (Phi) is 7.12. The molecule has 0 saturated heterocycles. The standard InChI is InChI=1S/C22H20BrN3O7/c1-11-7-14(8-12(2)19(11)33-15-5-6-17(31-4)16(23)9-15)26-22(30)24-20(28)18(25-26)21(29)32-10-13(3)27/h5-9H,10H2,1-4H3,(H,24,28,30). The number of benzene rings is 2. The summed E-state index contributed by atoms with van der Waals surface area (Å²) < 4.78 is 17.6. The summed E-state index contributed by atoms with van der Waals surface area (Å²) in [4.78, 5) is 49.6. The Morgan fingerprint density at radius 1 is 1.12 bits per heavy atom. The molecule has 0 aliphatic heterocycles. The van der Waals surface area contributed by atoms with Gasteiger partial charge in [0.15, 0.2) is 5.78 Å². The smallest absolute Gasteiger partial charge is 0.365 e. The molecule has 3 aromatic rings. The first-order valence-electron chi connectivity index (χ1n) is 9.64. The minimum absolute atomic E-state index is 0.301. The molecule has 172 valence electrons. The number of carbonyl (C=O) groups is 2. The topological polar surface area (TPSA) is 130 Å². The summed E-state index contributed by atoms with van der Waals surface area (Å²) in [6.07, 6.45) is 0. The van der Waals surface area contributed by atoms with Gasteiger partial charge < -0.3 is 14.2 Å². The number of esters is 1. The first kappa shape index (κ1) is 23.9. The lowest BCUT2D eigenvalue weighted by atomic mass is 10.1. The fourth-order valence-corrected chi connectivity index (χ4v) is 3.50. The van der Waals surface area contributed by atoms with Crippen molar-refractivity contribution >= 4 is 27.7 Å². The molecule has 0 atom stereocenters. The van der Waals surface area contributed by atoms with Crippen molar-refractivity contribution in [1.82, 2.24) is 14.8 Å². The first-order chi connectivity index (χ1) is 15.6.